The third-order valence-electron chi connectivity index (χ3n) is 3.48. The summed E-state index contributed by atoms with van der Waals surface area (Å²) in [7, 11) is 0. The van der Waals surface area contributed by atoms with Crippen LogP contribution in [0.2, 0.25) is 0 Å². The minimum absolute atomic E-state index is 0.309. The van der Waals surface area contributed by atoms with E-state index in [1.54, 1.807) is 54.7 Å². The van der Waals surface area contributed by atoms with Crippen molar-refractivity contribution in [2.75, 3.05) is 0 Å². The van der Waals surface area contributed by atoms with Crippen LogP contribution in [0.15, 0.2) is 59.5 Å². The number of aromatic amines is 1. The molecule has 0 spiro atoms. The number of aromatic nitrogens is 2. The highest BCUT2D eigenvalue weighted by Crippen LogP contribution is 2.28. The SMILES string of the molecule is CC.N#Cc1ccc(-c2cn[nH]c(=O)c2-c2ccc(C#N)cc2)cc1. The molecule has 0 unspecified atom stereocenters. The van der Waals surface area contributed by atoms with E-state index in [-0.39, 0.29) is 5.56 Å². The summed E-state index contributed by atoms with van der Waals surface area (Å²) in [5.41, 5.74) is 3.41. The molecule has 0 saturated carbocycles. The van der Waals surface area contributed by atoms with Gasteiger partial charge in [0.15, 0.2) is 0 Å². The van der Waals surface area contributed by atoms with Crippen molar-refractivity contribution in [3.05, 3.63) is 76.2 Å². The summed E-state index contributed by atoms with van der Waals surface area (Å²) in [6.45, 7) is 4.00. The molecule has 0 amide bonds. The topological polar surface area (TPSA) is 93.3 Å². The summed E-state index contributed by atoms with van der Waals surface area (Å²) in [5, 5.41) is 24.1. The molecule has 0 aliphatic rings. The number of nitriles is 2. The van der Waals surface area contributed by atoms with Crippen LogP contribution in [0.5, 0.6) is 0 Å². The van der Waals surface area contributed by atoms with E-state index >= 15 is 0 Å². The molecule has 2 aromatic carbocycles. The average molecular weight is 328 g/mol. The molecule has 3 rings (SSSR count). The lowest BCUT2D eigenvalue weighted by Crippen LogP contribution is -2.12. The lowest BCUT2D eigenvalue weighted by molar-refractivity contribution is 0.994. The van der Waals surface area contributed by atoms with E-state index in [1.807, 2.05) is 13.8 Å². The van der Waals surface area contributed by atoms with Gasteiger partial charge in [-0.3, -0.25) is 4.79 Å². The molecule has 1 N–H and O–H groups in total. The van der Waals surface area contributed by atoms with E-state index < -0.39 is 0 Å². The number of H-pyrrole nitrogens is 1. The molecular formula is C20H16N4O. The Balaban J connectivity index is 0.00000109. The molecule has 0 saturated heterocycles. The zero-order chi connectivity index (χ0) is 18.2. The monoisotopic (exact) mass is 328 g/mol. The predicted octanol–water partition coefficient (Wildman–Crippen LogP) is 3.87. The normalized spacial score (nSPS) is 9.28. The van der Waals surface area contributed by atoms with Crippen LogP contribution in [0.1, 0.15) is 25.0 Å². The van der Waals surface area contributed by atoms with Gasteiger partial charge in [-0.2, -0.15) is 15.6 Å². The van der Waals surface area contributed by atoms with Gasteiger partial charge in [0.25, 0.3) is 5.56 Å². The molecule has 0 atom stereocenters. The molecule has 0 fully saturated rings. The summed E-state index contributed by atoms with van der Waals surface area (Å²) >= 11 is 0. The first kappa shape index (κ1) is 17.7. The van der Waals surface area contributed by atoms with Gasteiger partial charge in [-0.25, -0.2) is 5.10 Å². The van der Waals surface area contributed by atoms with Crippen LogP contribution in [0.3, 0.4) is 0 Å². The lowest BCUT2D eigenvalue weighted by atomic mass is 9.96. The summed E-state index contributed by atoms with van der Waals surface area (Å²) in [4.78, 5) is 12.3. The highest BCUT2D eigenvalue weighted by molar-refractivity contribution is 5.82. The van der Waals surface area contributed by atoms with E-state index in [1.165, 1.54) is 0 Å². The number of rotatable bonds is 2. The Labute approximate surface area is 145 Å². The van der Waals surface area contributed by atoms with Gasteiger partial charge >= 0.3 is 0 Å². The highest BCUT2D eigenvalue weighted by Gasteiger charge is 2.12. The second kappa shape index (κ2) is 8.24. The molecule has 5 nitrogen and oxygen atoms in total. The maximum absolute atomic E-state index is 12.3. The van der Waals surface area contributed by atoms with Crippen molar-refractivity contribution in [3.63, 3.8) is 0 Å². The van der Waals surface area contributed by atoms with Crippen molar-refractivity contribution in [2.24, 2.45) is 0 Å². The van der Waals surface area contributed by atoms with Crippen molar-refractivity contribution >= 4 is 0 Å². The molecule has 0 aliphatic carbocycles. The predicted molar refractivity (Wildman–Crippen MR) is 96.5 cm³/mol. The third kappa shape index (κ3) is 3.80. The number of nitrogens with one attached hydrogen (secondary N) is 1. The summed E-state index contributed by atoms with van der Waals surface area (Å²) in [6.07, 6.45) is 1.58. The zero-order valence-corrected chi connectivity index (χ0v) is 13.9. The largest absolute Gasteiger partial charge is 0.272 e. The Bertz CT molecular complexity index is 988. The molecule has 0 radical (unpaired) electrons. The fraction of sp³-hybridized carbons (Fsp3) is 0.100. The van der Waals surface area contributed by atoms with Gasteiger partial charge in [0.1, 0.15) is 0 Å². The van der Waals surface area contributed by atoms with Gasteiger partial charge in [-0.1, -0.05) is 38.1 Å². The Hall–Kier alpha value is -3.70. The van der Waals surface area contributed by atoms with E-state index in [9.17, 15) is 4.79 Å². The van der Waals surface area contributed by atoms with Gasteiger partial charge in [0.05, 0.1) is 35.0 Å². The Morgan fingerprint density at radius 1 is 0.840 bits per heavy atom. The number of hydrogen-bond donors (Lipinski definition) is 1. The first-order valence-corrected chi connectivity index (χ1v) is 7.81. The smallest absolute Gasteiger partial charge is 0.267 e. The second-order valence-corrected chi connectivity index (χ2v) is 4.87. The molecule has 5 heteroatoms. The first-order valence-electron chi connectivity index (χ1n) is 7.81. The molecule has 0 aliphatic heterocycles. The quantitative estimate of drug-likeness (QED) is 0.772. The minimum Gasteiger partial charge on any atom is -0.267 e. The number of hydrogen-bond acceptors (Lipinski definition) is 4. The Morgan fingerprint density at radius 2 is 1.32 bits per heavy atom. The van der Waals surface area contributed by atoms with Crippen molar-refractivity contribution in [3.8, 4) is 34.4 Å². The van der Waals surface area contributed by atoms with Crippen molar-refractivity contribution in [1.29, 1.82) is 10.5 Å². The molecule has 25 heavy (non-hydrogen) atoms. The second-order valence-electron chi connectivity index (χ2n) is 4.87. The van der Waals surface area contributed by atoms with Crippen LogP contribution in [0.4, 0.5) is 0 Å². The van der Waals surface area contributed by atoms with E-state index in [4.69, 9.17) is 10.5 Å². The van der Waals surface area contributed by atoms with Crippen LogP contribution >= 0.6 is 0 Å². The lowest BCUT2D eigenvalue weighted by Gasteiger charge is -2.08. The fourth-order valence-electron chi connectivity index (χ4n) is 2.34. The van der Waals surface area contributed by atoms with Gasteiger partial charge in [-0.15, -0.1) is 0 Å². The van der Waals surface area contributed by atoms with Crippen molar-refractivity contribution in [1.82, 2.24) is 10.2 Å². The van der Waals surface area contributed by atoms with Gasteiger partial charge in [0, 0.05) is 5.56 Å². The maximum atomic E-state index is 12.3. The third-order valence-corrected chi connectivity index (χ3v) is 3.48. The molecular weight excluding hydrogens is 312 g/mol. The van der Waals surface area contributed by atoms with Gasteiger partial charge in [0.2, 0.25) is 0 Å². The number of benzene rings is 2. The minimum atomic E-state index is -0.309. The van der Waals surface area contributed by atoms with E-state index in [2.05, 4.69) is 22.3 Å². The van der Waals surface area contributed by atoms with Crippen molar-refractivity contribution in [2.45, 2.75) is 13.8 Å². The number of nitrogens with zero attached hydrogens (tertiary/aromatic N) is 3. The molecule has 122 valence electrons. The first-order chi connectivity index (χ1) is 12.2. The summed E-state index contributed by atoms with van der Waals surface area (Å²) in [5.74, 6) is 0. The van der Waals surface area contributed by atoms with Crippen LogP contribution in [-0.4, -0.2) is 10.2 Å². The maximum Gasteiger partial charge on any atom is 0.272 e. The molecule has 0 bridgehead atoms. The molecule has 1 heterocycles. The highest BCUT2D eigenvalue weighted by atomic mass is 16.1. The fourth-order valence-corrected chi connectivity index (χ4v) is 2.34. The standard InChI is InChI=1S/C18H10N4O.C2H6/c19-9-12-1-5-14(6-2-12)16-11-21-22-18(23)17(16)15-7-3-13(10-20)4-8-15;1-2/h1-8,11H,(H,22,23);1-2H3. The van der Waals surface area contributed by atoms with Gasteiger partial charge < -0.3 is 0 Å². The average Bonchev–Trinajstić information content (AvgIpc) is 2.69. The van der Waals surface area contributed by atoms with Crippen LogP contribution in [0, 0.1) is 22.7 Å². The zero-order valence-electron chi connectivity index (χ0n) is 13.9. The molecule has 1 aromatic heterocycles. The molecule has 3 aromatic rings. The Morgan fingerprint density at radius 3 is 1.80 bits per heavy atom. The van der Waals surface area contributed by atoms with Crippen LogP contribution in [-0.2, 0) is 0 Å². The van der Waals surface area contributed by atoms with E-state index in [0.717, 1.165) is 5.56 Å². The summed E-state index contributed by atoms with van der Waals surface area (Å²) in [6, 6.07) is 17.9. The van der Waals surface area contributed by atoms with Crippen LogP contribution < -0.4 is 5.56 Å². The van der Waals surface area contributed by atoms with Crippen LogP contribution in [0.25, 0.3) is 22.3 Å². The van der Waals surface area contributed by atoms with E-state index in [0.29, 0.717) is 27.8 Å². The van der Waals surface area contributed by atoms with Gasteiger partial charge in [-0.05, 0) is 35.4 Å². The van der Waals surface area contributed by atoms with Crippen molar-refractivity contribution < 1.29 is 0 Å². The summed E-state index contributed by atoms with van der Waals surface area (Å²) < 4.78 is 0. The Kier molecular flexibility index (Phi) is 5.81.